The highest BCUT2D eigenvalue weighted by atomic mass is 32.1. The van der Waals surface area contributed by atoms with Gasteiger partial charge in [0, 0.05) is 18.8 Å². The Morgan fingerprint density at radius 3 is 2.50 bits per heavy atom. The molecule has 1 heterocycles. The second-order valence-corrected chi connectivity index (χ2v) is 6.63. The molecule has 0 spiro atoms. The molecule has 0 radical (unpaired) electrons. The quantitative estimate of drug-likeness (QED) is 0.695. The lowest BCUT2D eigenvalue weighted by atomic mass is 9.80. The minimum absolute atomic E-state index is 0.386. The van der Waals surface area contributed by atoms with Gasteiger partial charge in [0.25, 0.3) is 0 Å². The fourth-order valence-corrected chi connectivity index (χ4v) is 4.15. The van der Waals surface area contributed by atoms with Crippen molar-refractivity contribution in [2.45, 2.75) is 52.4 Å². The molecule has 2 rings (SSSR count). The predicted molar refractivity (Wildman–Crippen MR) is 93.1 cm³/mol. The lowest BCUT2D eigenvalue weighted by Gasteiger charge is -2.41. The van der Waals surface area contributed by atoms with Crippen LogP contribution in [-0.4, -0.2) is 18.8 Å². The normalized spacial score (nSPS) is 15.2. The standard InChI is InChI=1S/C18H29NS/c1-3-11-18(15-20,12-4-2)14-19-13-7-9-16-8-5-6-10-17(16)19/h5-6,8,10,20H,3-4,7,9,11-15H2,1-2H3. The molecule has 1 nitrogen and oxygen atoms in total. The minimum Gasteiger partial charge on any atom is -0.371 e. The number of para-hydroxylation sites is 1. The summed E-state index contributed by atoms with van der Waals surface area (Å²) in [6.45, 7) is 6.99. The smallest absolute Gasteiger partial charge is 0.0398 e. The lowest BCUT2D eigenvalue weighted by molar-refractivity contribution is 0.276. The van der Waals surface area contributed by atoms with E-state index >= 15 is 0 Å². The van der Waals surface area contributed by atoms with E-state index in [1.54, 1.807) is 0 Å². The largest absolute Gasteiger partial charge is 0.371 e. The number of anilines is 1. The third-order valence-corrected chi connectivity index (χ3v) is 5.30. The van der Waals surface area contributed by atoms with E-state index in [9.17, 15) is 0 Å². The molecule has 1 aliphatic rings. The molecule has 1 aromatic carbocycles. The highest BCUT2D eigenvalue weighted by Gasteiger charge is 2.31. The van der Waals surface area contributed by atoms with Gasteiger partial charge in [-0.15, -0.1) is 0 Å². The summed E-state index contributed by atoms with van der Waals surface area (Å²) in [5.41, 5.74) is 3.38. The van der Waals surface area contributed by atoms with Crippen LogP contribution in [-0.2, 0) is 6.42 Å². The van der Waals surface area contributed by atoms with Crippen molar-refractivity contribution in [2.75, 3.05) is 23.7 Å². The van der Waals surface area contributed by atoms with E-state index in [1.165, 1.54) is 62.9 Å². The number of hydrogen-bond donors (Lipinski definition) is 1. The van der Waals surface area contributed by atoms with Crippen LogP contribution in [0.4, 0.5) is 5.69 Å². The van der Waals surface area contributed by atoms with Gasteiger partial charge in [-0.3, -0.25) is 0 Å². The van der Waals surface area contributed by atoms with Crippen LogP contribution in [0, 0.1) is 5.41 Å². The molecule has 0 fully saturated rings. The van der Waals surface area contributed by atoms with Crippen LogP contribution >= 0.6 is 12.6 Å². The first-order chi connectivity index (χ1) is 9.74. The van der Waals surface area contributed by atoms with Gasteiger partial charge < -0.3 is 4.90 Å². The van der Waals surface area contributed by atoms with E-state index in [-0.39, 0.29) is 0 Å². The molecule has 1 aliphatic heterocycles. The van der Waals surface area contributed by atoms with Gasteiger partial charge in [0.05, 0.1) is 0 Å². The van der Waals surface area contributed by atoms with Gasteiger partial charge in [-0.25, -0.2) is 0 Å². The van der Waals surface area contributed by atoms with Crippen molar-refractivity contribution in [3.05, 3.63) is 29.8 Å². The Morgan fingerprint density at radius 2 is 1.85 bits per heavy atom. The van der Waals surface area contributed by atoms with Gasteiger partial charge in [0.1, 0.15) is 0 Å². The average molecular weight is 292 g/mol. The van der Waals surface area contributed by atoms with Crippen LogP contribution in [0.3, 0.4) is 0 Å². The maximum absolute atomic E-state index is 4.71. The predicted octanol–water partition coefficient (Wildman–Crippen LogP) is 4.96. The molecular weight excluding hydrogens is 262 g/mol. The minimum atomic E-state index is 0.386. The SMILES string of the molecule is CCCC(CS)(CCC)CN1CCCc2ccccc21. The fourth-order valence-electron chi connectivity index (χ4n) is 3.73. The molecule has 20 heavy (non-hydrogen) atoms. The van der Waals surface area contributed by atoms with Gasteiger partial charge in [0.15, 0.2) is 0 Å². The molecule has 1 aromatic rings. The summed E-state index contributed by atoms with van der Waals surface area (Å²) in [4.78, 5) is 2.63. The summed E-state index contributed by atoms with van der Waals surface area (Å²) < 4.78 is 0. The summed E-state index contributed by atoms with van der Waals surface area (Å²) in [7, 11) is 0. The fraction of sp³-hybridized carbons (Fsp3) is 0.667. The van der Waals surface area contributed by atoms with E-state index in [2.05, 4.69) is 43.0 Å². The van der Waals surface area contributed by atoms with Crippen molar-refractivity contribution in [1.82, 2.24) is 0 Å². The first kappa shape index (κ1) is 15.8. The Morgan fingerprint density at radius 1 is 1.15 bits per heavy atom. The van der Waals surface area contributed by atoms with E-state index in [0.717, 1.165) is 5.75 Å². The van der Waals surface area contributed by atoms with Crippen molar-refractivity contribution in [2.24, 2.45) is 5.41 Å². The maximum atomic E-state index is 4.71. The summed E-state index contributed by atoms with van der Waals surface area (Å²) in [5, 5.41) is 0. The van der Waals surface area contributed by atoms with E-state index in [4.69, 9.17) is 12.6 Å². The van der Waals surface area contributed by atoms with Crippen LogP contribution < -0.4 is 4.90 Å². The number of rotatable bonds is 7. The third-order valence-electron chi connectivity index (χ3n) is 4.63. The van der Waals surface area contributed by atoms with Gasteiger partial charge in [-0.05, 0) is 48.5 Å². The first-order valence-electron chi connectivity index (χ1n) is 8.18. The number of aryl methyl sites for hydroxylation is 1. The maximum Gasteiger partial charge on any atom is 0.0398 e. The number of thiol groups is 1. The van der Waals surface area contributed by atoms with Crippen molar-refractivity contribution < 1.29 is 0 Å². The zero-order valence-corrected chi connectivity index (χ0v) is 14.0. The highest BCUT2D eigenvalue weighted by molar-refractivity contribution is 7.80. The summed E-state index contributed by atoms with van der Waals surface area (Å²) in [5.74, 6) is 1.01. The van der Waals surface area contributed by atoms with Crippen LogP contribution in [0.1, 0.15) is 51.5 Å². The van der Waals surface area contributed by atoms with Gasteiger partial charge in [0.2, 0.25) is 0 Å². The Balaban J connectivity index is 2.19. The Kier molecular flexibility index (Phi) is 5.83. The van der Waals surface area contributed by atoms with Crippen LogP contribution in [0.25, 0.3) is 0 Å². The average Bonchev–Trinajstić information content (AvgIpc) is 2.48. The van der Waals surface area contributed by atoms with Crippen molar-refractivity contribution >= 4 is 18.3 Å². The summed E-state index contributed by atoms with van der Waals surface area (Å²) in [6, 6.07) is 8.95. The Bertz CT molecular complexity index is 410. The van der Waals surface area contributed by atoms with Crippen LogP contribution in [0.2, 0.25) is 0 Å². The van der Waals surface area contributed by atoms with Crippen LogP contribution in [0.5, 0.6) is 0 Å². The number of benzene rings is 1. The topological polar surface area (TPSA) is 3.24 Å². The molecule has 0 bridgehead atoms. The third kappa shape index (κ3) is 3.52. The number of hydrogen-bond acceptors (Lipinski definition) is 2. The zero-order chi connectivity index (χ0) is 14.4. The molecule has 0 amide bonds. The second-order valence-electron chi connectivity index (χ2n) is 6.31. The molecule has 112 valence electrons. The van der Waals surface area contributed by atoms with Gasteiger partial charge in [-0.2, -0.15) is 12.6 Å². The Labute approximate surface area is 130 Å². The van der Waals surface area contributed by atoms with Gasteiger partial charge >= 0.3 is 0 Å². The molecule has 0 saturated heterocycles. The second kappa shape index (κ2) is 7.40. The molecule has 0 aliphatic carbocycles. The molecule has 0 saturated carbocycles. The highest BCUT2D eigenvalue weighted by Crippen LogP contribution is 2.36. The molecule has 0 atom stereocenters. The molecule has 0 N–H and O–H groups in total. The number of fused-ring (bicyclic) bond motifs is 1. The summed E-state index contributed by atoms with van der Waals surface area (Å²) >= 11 is 4.71. The van der Waals surface area contributed by atoms with Crippen molar-refractivity contribution in [3.8, 4) is 0 Å². The van der Waals surface area contributed by atoms with E-state index in [1.807, 2.05) is 0 Å². The molecule has 2 heteroatoms. The number of nitrogens with zero attached hydrogens (tertiary/aromatic N) is 1. The molecule has 0 unspecified atom stereocenters. The zero-order valence-electron chi connectivity index (χ0n) is 13.1. The van der Waals surface area contributed by atoms with E-state index < -0.39 is 0 Å². The molecular formula is C18H29NS. The lowest BCUT2D eigenvalue weighted by Crippen LogP contribution is -2.41. The van der Waals surface area contributed by atoms with Crippen molar-refractivity contribution in [1.29, 1.82) is 0 Å². The van der Waals surface area contributed by atoms with Gasteiger partial charge in [-0.1, -0.05) is 44.9 Å². The van der Waals surface area contributed by atoms with E-state index in [0.29, 0.717) is 5.41 Å². The Hall–Kier alpha value is -0.630. The van der Waals surface area contributed by atoms with Crippen LogP contribution in [0.15, 0.2) is 24.3 Å². The summed E-state index contributed by atoms with van der Waals surface area (Å²) in [6.07, 6.45) is 7.64. The monoisotopic (exact) mass is 291 g/mol. The molecule has 0 aromatic heterocycles. The van der Waals surface area contributed by atoms with Crippen molar-refractivity contribution in [3.63, 3.8) is 0 Å². The first-order valence-corrected chi connectivity index (χ1v) is 8.81.